The summed E-state index contributed by atoms with van der Waals surface area (Å²) in [5.74, 6) is -1.33. The molecule has 0 saturated carbocycles. The molecule has 8 heteroatoms. The molecule has 1 amide bonds. The number of ether oxygens (including phenoxy) is 1. The minimum atomic E-state index is -1.18. The number of carboxylic acids is 1. The van der Waals surface area contributed by atoms with Crippen LogP contribution in [0.25, 0.3) is 0 Å². The van der Waals surface area contributed by atoms with Crippen LogP contribution in [0.3, 0.4) is 0 Å². The molecular weight excluding hydrogens is 337 g/mol. The molecule has 26 heavy (non-hydrogen) atoms. The van der Waals surface area contributed by atoms with Crippen molar-refractivity contribution in [3.8, 4) is 0 Å². The molecule has 0 bridgehead atoms. The van der Waals surface area contributed by atoms with Crippen LogP contribution in [0.1, 0.15) is 61.8 Å². The highest BCUT2D eigenvalue weighted by molar-refractivity contribution is 6.48. The Morgan fingerprint density at radius 1 is 1.12 bits per heavy atom. The van der Waals surface area contributed by atoms with Gasteiger partial charge in [-0.25, -0.2) is 4.79 Å². The van der Waals surface area contributed by atoms with Crippen LogP contribution in [-0.2, 0) is 18.8 Å². The number of likely N-dealkylation sites (tertiary alicyclic amines) is 1. The van der Waals surface area contributed by atoms with Crippen LogP contribution in [0, 0.1) is 5.41 Å². The summed E-state index contributed by atoms with van der Waals surface area (Å²) in [6, 6.07) is 0. The minimum Gasteiger partial charge on any atom is -0.481 e. The predicted octanol–water partition coefficient (Wildman–Crippen LogP) is 3.18. The first-order chi connectivity index (χ1) is 11.6. The lowest BCUT2D eigenvalue weighted by Crippen LogP contribution is -2.55. The van der Waals surface area contributed by atoms with E-state index in [9.17, 15) is 14.7 Å². The van der Waals surface area contributed by atoms with Gasteiger partial charge < -0.3 is 24.1 Å². The molecule has 0 aliphatic carbocycles. The Morgan fingerprint density at radius 3 is 2.04 bits per heavy atom. The average Bonchev–Trinajstić information content (AvgIpc) is 2.64. The van der Waals surface area contributed by atoms with E-state index in [2.05, 4.69) is 0 Å². The summed E-state index contributed by atoms with van der Waals surface area (Å²) in [5.41, 5.74) is -2.87. The lowest BCUT2D eigenvalue weighted by molar-refractivity contribution is -0.151. The van der Waals surface area contributed by atoms with Crippen molar-refractivity contribution in [2.45, 2.75) is 84.4 Å². The molecule has 2 saturated heterocycles. The lowest BCUT2D eigenvalue weighted by atomic mass is 9.54. The molecule has 7 nitrogen and oxygen atoms in total. The Hall–Kier alpha value is -1.28. The third kappa shape index (κ3) is 3.86. The number of carbonyl (C=O) groups excluding carboxylic acids is 1. The second-order valence-corrected chi connectivity index (χ2v) is 9.64. The molecule has 2 fully saturated rings. The fourth-order valence-electron chi connectivity index (χ4n) is 3.40. The molecule has 2 heterocycles. The molecule has 0 spiro atoms. The molecule has 2 aliphatic rings. The zero-order valence-electron chi connectivity index (χ0n) is 17.2. The molecule has 2 unspecified atom stereocenters. The van der Waals surface area contributed by atoms with E-state index in [0.29, 0.717) is 13.0 Å². The highest BCUT2D eigenvalue weighted by Gasteiger charge is 2.60. The largest absolute Gasteiger partial charge is 0.481 e. The quantitative estimate of drug-likeness (QED) is 0.753. The molecule has 0 aromatic carbocycles. The van der Waals surface area contributed by atoms with Gasteiger partial charge in [0.05, 0.1) is 16.6 Å². The monoisotopic (exact) mass is 369 g/mol. The van der Waals surface area contributed by atoms with Crippen molar-refractivity contribution in [3.05, 3.63) is 0 Å². The zero-order chi connectivity index (χ0) is 20.1. The topological polar surface area (TPSA) is 85.3 Å². The molecule has 1 N–H and O–H groups in total. The third-order valence-electron chi connectivity index (χ3n) is 5.79. The first-order valence-electron chi connectivity index (χ1n) is 9.16. The van der Waals surface area contributed by atoms with Gasteiger partial charge in [0.1, 0.15) is 5.60 Å². The van der Waals surface area contributed by atoms with Crippen LogP contribution in [0.2, 0.25) is 5.82 Å². The molecule has 0 radical (unpaired) electrons. The third-order valence-corrected chi connectivity index (χ3v) is 5.79. The number of hydrogen-bond donors (Lipinski definition) is 1. The van der Waals surface area contributed by atoms with Crippen LogP contribution in [0.5, 0.6) is 0 Å². The Bertz CT molecular complexity index is 569. The van der Waals surface area contributed by atoms with Crippen molar-refractivity contribution in [2.75, 3.05) is 13.1 Å². The molecule has 0 aromatic rings. The van der Waals surface area contributed by atoms with Gasteiger partial charge in [0, 0.05) is 18.9 Å². The lowest BCUT2D eigenvalue weighted by Gasteiger charge is -2.44. The van der Waals surface area contributed by atoms with Crippen LogP contribution < -0.4 is 0 Å². The van der Waals surface area contributed by atoms with Gasteiger partial charge in [-0.1, -0.05) is 0 Å². The Labute approximate surface area is 156 Å². The number of rotatable bonds is 2. The Balaban J connectivity index is 2.21. The van der Waals surface area contributed by atoms with E-state index in [0.717, 1.165) is 0 Å². The SMILES string of the molecule is CC(C)(C)OC(=O)N1CCC(B2OC(C)(C)C(C)(C)O2)C(C)(C(=O)O)C1. The predicted molar refractivity (Wildman–Crippen MR) is 98.0 cm³/mol. The summed E-state index contributed by atoms with van der Waals surface area (Å²) >= 11 is 0. The number of amides is 1. The van der Waals surface area contributed by atoms with Gasteiger partial charge in [0.25, 0.3) is 0 Å². The number of piperidine rings is 1. The standard InChI is InChI=1S/C18H32BNO6/c1-15(2,3)24-14(23)20-10-9-12(18(8,11-20)13(21)22)19-25-16(4,5)17(6,7)26-19/h12H,9-11H2,1-8H3,(H,21,22). The van der Waals surface area contributed by atoms with Crippen molar-refractivity contribution in [2.24, 2.45) is 5.41 Å². The maximum atomic E-state index is 12.4. The highest BCUT2D eigenvalue weighted by Crippen LogP contribution is 2.49. The van der Waals surface area contributed by atoms with E-state index in [4.69, 9.17) is 14.0 Å². The zero-order valence-corrected chi connectivity index (χ0v) is 17.2. The van der Waals surface area contributed by atoms with Gasteiger partial charge in [0.2, 0.25) is 0 Å². The molecule has 0 aromatic heterocycles. The Morgan fingerprint density at radius 2 is 1.62 bits per heavy atom. The normalized spacial score (nSPS) is 31.0. The van der Waals surface area contributed by atoms with Crippen molar-refractivity contribution >= 4 is 19.2 Å². The average molecular weight is 369 g/mol. The fraction of sp³-hybridized carbons (Fsp3) is 0.889. The summed E-state index contributed by atoms with van der Waals surface area (Å²) < 4.78 is 17.6. The van der Waals surface area contributed by atoms with Gasteiger partial charge >= 0.3 is 19.2 Å². The second-order valence-electron chi connectivity index (χ2n) is 9.64. The van der Waals surface area contributed by atoms with Gasteiger partial charge in [-0.15, -0.1) is 0 Å². The summed E-state index contributed by atoms with van der Waals surface area (Å²) in [5, 5.41) is 9.93. The first kappa shape index (κ1) is 21.0. The van der Waals surface area contributed by atoms with E-state index in [-0.39, 0.29) is 12.4 Å². The summed E-state index contributed by atoms with van der Waals surface area (Å²) in [4.78, 5) is 26.0. The van der Waals surface area contributed by atoms with Crippen LogP contribution >= 0.6 is 0 Å². The van der Waals surface area contributed by atoms with E-state index in [1.165, 1.54) is 4.90 Å². The van der Waals surface area contributed by atoms with E-state index < -0.39 is 41.4 Å². The number of carboxylic acid groups (broad SMARTS) is 1. The van der Waals surface area contributed by atoms with Gasteiger partial charge in [-0.05, 0) is 61.8 Å². The molecule has 148 valence electrons. The second kappa shape index (κ2) is 6.41. The smallest absolute Gasteiger partial charge is 0.462 e. The maximum absolute atomic E-state index is 12.4. The van der Waals surface area contributed by atoms with Gasteiger partial charge in [0.15, 0.2) is 0 Å². The molecular formula is C18H32BNO6. The highest BCUT2D eigenvalue weighted by atomic mass is 16.7. The van der Waals surface area contributed by atoms with E-state index >= 15 is 0 Å². The minimum absolute atomic E-state index is 0.0615. The number of hydrogen-bond acceptors (Lipinski definition) is 5. The van der Waals surface area contributed by atoms with Crippen molar-refractivity contribution < 1.29 is 28.7 Å². The van der Waals surface area contributed by atoms with Crippen molar-refractivity contribution in [3.63, 3.8) is 0 Å². The molecule has 2 atom stereocenters. The van der Waals surface area contributed by atoms with Gasteiger partial charge in [-0.2, -0.15) is 0 Å². The fourth-order valence-corrected chi connectivity index (χ4v) is 3.40. The number of carbonyl (C=O) groups is 2. The van der Waals surface area contributed by atoms with E-state index in [1.807, 2.05) is 27.7 Å². The van der Waals surface area contributed by atoms with E-state index in [1.54, 1.807) is 27.7 Å². The summed E-state index contributed by atoms with van der Waals surface area (Å²) in [6.07, 6.45) is -0.0175. The van der Waals surface area contributed by atoms with Crippen molar-refractivity contribution in [1.82, 2.24) is 4.90 Å². The molecule has 2 aliphatic heterocycles. The van der Waals surface area contributed by atoms with Crippen molar-refractivity contribution in [1.29, 1.82) is 0 Å². The van der Waals surface area contributed by atoms with Gasteiger partial charge in [-0.3, -0.25) is 4.79 Å². The summed E-state index contributed by atoms with van der Waals surface area (Å²) in [6.45, 7) is 15.3. The summed E-state index contributed by atoms with van der Waals surface area (Å²) in [7, 11) is -0.623. The molecule has 2 rings (SSSR count). The number of aliphatic carboxylic acids is 1. The van der Waals surface area contributed by atoms with Crippen LogP contribution in [0.15, 0.2) is 0 Å². The maximum Gasteiger partial charge on any atom is 0.462 e. The van der Waals surface area contributed by atoms with Crippen LogP contribution in [0.4, 0.5) is 4.79 Å². The first-order valence-corrected chi connectivity index (χ1v) is 9.16. The Kier molecular flexibility index (Phi) is 5.18. The van der Waals surface area contributed by atoms with Crippen LogP contribution in [-0.4, -0.2) is 59.1 Å². The number of nitrogens with zero attached hydrogens (tertiary/aromatic N) is 1.